The van der Waals surface area contributed by atoms with Crippen molar-refractivity contribution in [2.45, 2.75) is 12.6 Å². The molecule has 0 aliphatic heterocycles. The van der Waals surface area contributed by atoms with E-state index in [0.29, 0.717) is 12.2 Å². The number of alkyl halides is 3. The fraction of sp³-hybridized carbons (Fsp3) is 0.333. The van der Waals surface area contributed by atoms with Crippen LogP contribution in [0.1, 0.15) is 21.6 Å². The van der Waals surface area contributed by atoms with Crippen molar-refractivity contribution < 1.29 is 22.7 Å². The zero-order valence-corrected chi connectivity index (χ0v) is 12.6. The fourth-order valence-corrected chi connectivity index (χ4v) is 2.11. The molecule has 0 unspecified atom stereocenters. The summed E-state index contributed by atoms with van der Waals surface area (Å²) < 4.78 is 44.5. The first-order valence-electron chi connectivity index (χ1n) is 6.83. The third-order valence-corrected chi connectivity index (χ3v) is 3.18. The fourth-order valence-electron chi connectivity index (χ4n) is 2.11. The number of aromatic nitrogens is 2. The molecule has 2 aromatic rings. The third kappa shape index (κ3) is 4.24. The highest BCUT2D eigenvalue weighted by molar-refractivity contribution is 5.95. The van der Waals surface area contributed by atoms with Gasteiger partial charge in [0.2, 0.25) is 0 Å². The van der Waals surface area contributed by atoms with Gasteiger partial charge in [-0.1, -0.05) is 12.1 Å². The Morgan fingerprint density at radius 1 is 1.39 bits per heavy atom. The lowest BCUT2D eigenvalue weighted by Gasteiger charge is -2.08. The van der Waals surface area contributed by atoms with E-state index in [2.05, 4.69) is 10.4 Å². The molecule has 5 nitrogen and oxygen atoms in total. The van der Waals surface area contributed by atoms with Crippen molar-refractivity contribution in [1.82, 2.24) is 15.1 Å². The van der Waals surface area contributed by atoms with Gasteiger partial charge in [-0.2, -0.15) is 18.3 Å². The third-order valence-electron chi connectivity index (χ3n) is 3.18. The van der Waals surface area contributed by atoms with Gasteiger partial charge in [0.15, 0.2) is 5.69 Å². The van der Waals surface area contributed by atoms with E-state index in [4.69, 9.17) is 4.74 Å². The lowest BCUT2D eigenvalue weighted by molar-refractivity contribution is -0.141. The molecule has 0 atom stereocenters. The molecule has 23 heavy (non-hydrogen) atoms. The second-order valence-corrected chi connectivity index (χ2v) is 4.92. The smallest absolute Gasteiger partial charge is 0.435 e. The SMILES string of the molecule is COc1cccc(CCNC(=O)c2cn(C)nc2C(F)(F)F)c1. The Kier molecular flexibility index (Phi) is 4.92. The van der Waals surface area contributed by atoms with E-state index in [9.17, 15) is 18.0 Å². The highest BCUT2D eigenvalue weighted by Crippen LogP contribution is 2.30. The molecule has 0 saturated heterocycles. The zero-order valence-electron chi connectivity index (χ0n) is 12.6. The van der Waals surface area contributed by atoms with Crippen LogP contribution in [-0.2, 0) is 19.6 Å². The van der Waals surface area contributed by atoms with Crippen LogP contribution < -0.4 is 10.1 Å². The van der Waals surface area contributed by atoms with Crippen molar-refractivity contribution >= 4 is 5.91 Å². The number of hydrogen-bond acceptors (Lipinski definition) is 3. The van der Waals surface area contributed by atoms with Gasteiger partial charge in [0.1, 0.15) is 5.75 Å². The van der Waals surface area contributed by atoms with Gasteiger partial charge in [0.25, 0.3) is 5.91 Å². The highest BCUT2D eigenvalue weighted by Gasteiger charge is 2.38. The highest BCUT2D eigenvalue weighted by atomic mass is 19.4. The van der Waals surface area contributed by atoms with E-state index in [-0.39, 0.29) is 6.54 Å². The summed E-state index contributed by atoms with van der Waals surface area (Å²) in [7, 11) is 2.88. The van der Waals surface area contributed by atoms with Gasteiger partial charge in [-0.3, -0.25) is 9.48 Å². The van der Waals surface area contributed by atoms with Gasteiger partial charge >= 0.3 is 6.18 Å². The molecule has 2 rings (SSSR count). The van der Waals surface area contributed by atoms with Crippen LogP contribution in [0.4, 0.5) is 13.2 Å². The minimum atomic E-state index is -4.67. The van der Waals surface area contributed by atoms with Crippen LogP contribution in [0.5, 0.6) is 5.75 Å². The molecule has 0 aliphatic rings. The predicted molar refractivity (Wildman–Crippen MR) is 77.2 cm³/mol. The number of methoxy groups -OCH3 is 1. The first-order valence-corrected chi connectivity index (χ1v) is 6.83. The Morgan fingerprint density at radius 2 is 2.13 bits per heavy atom. The van der Waals surface area contributed by atoms with E-state index in [1.165, 1.54) is 7.05 Å². The number of rotatable bonds is 5. The maximum Gasteiger partial charge on any atom is 0.435 e. The number of aryl methyl sites for hydroxylation is 1. The first kappa shape index (κ1) is 16.9. The number of benzene rings is 1. The van der Waals surface area contributed by atoms with E-state index in [1.54, 1.807) is 25.3 Å². The topological polar surface area (TPSA) is 56.1 Å². The monoisotopic (exact) mass is 327 g/mol. The number of nitrogens with one attached hydrogen (secondary N) is 1. The minimum absolute atomic E-state index is 0.207. The number of carbonyl (C=O) groups is 1. The number of hydrogen-bond donors (Lipinski definition) is 1. The van der Waals surface area contributed by atoms with E-state index in [1.807, 2.05) is 6.07 Å². The first-order chi connectivity index (χ1) is 10.8. The van der Waals surface area contributed by atoms with Crippen molar-refractivity contribution in [2.75, 3.05) is 13.7 Å². The maximum atomic E-state index is 12.8. The van der Waals surface area contributed by atoms with Gasteiger partial charge in [0, 0.05) is 19.8 Å². The number of halogens is 3. The van der Waals surface area contributed by atoms with Crippen LogP contribution >= 0.6 is 0 Å². The van der Waals surface area contributed by atoms with Gasteiger partial charge in [-0.25, -0.2) is 0 Å². The summed E-state index contributed by atoms with van der Waals surface area (Å²) in [6.07, 6.45) is -3.13. The molecule has 8 heteroatoms. The molecule has 0 fully saturated rings. The molecule has 0 bridgehead atoms. The molecule has 1 aromatic heterocycles. The summed E-state index contributed by atoms with van der Waals surface area (Å²) in [6, 6.07) is 7.24. The summed E-state index contributed by atoms with van der Waals surface area (Å²) in [5, 5.41) is 5.78. The summed E-state index contributed by atoms with van der Waals surface area (Å²) in [6.45, 7) is 0.207. The van der Waals surface area contributed by atoms with Crippen molar-refractivity contribution in [3.8, 4) is 5.75 Å². The molecule has 1 amide bonds. The molecule has 1 N–H and O–H groups in total. The number of amides is 1. The quantitative estimate of drug-likeness (QED) is 0.917. The Balaban J connectivity index is 2.00. The molecule has 0 radical (unpaired) electrons. The number of ether oxygens (including phenoxy) is 1. The van der Waals surface area contributed by atoms with Crippen molar-refractivity contribution in [3.63, 3.8) is 0 Å². The second kappa shape index (κ2) is 6.72. The summed E-state index contributed by atoms with van der Waals surface area (Å²) >= 11 is 0. The van der Waals surface area contributed by atoms with E-state index >= 15 is 0 Å². The molecule has 124 valence electrons. The lowest BCUT2D eigenvalue weighted by atomic mass is 10.1. The zero-order chi connectivity index (χ0) is 17.0. The van der Waals surface area contributed by atoms with Crippen LogP contribution in [0.15, 0.2) is 30.5 Å². The summed E-state index contributed by atoms with van der Waals surface area (Å²) in [4.78, 5) is 11.9. The molecule has 1 heterocycles. The van der Waals surface area contributed by atoms with Gasteiger partial charge < -0.3 is 10.1 Å². The van der Waals surface area contributed by atoms with Crippen molar-refractivity contribution in [2.24, 2.45) is 7.05 Å². The van der Waals surface area contributed by atoms with Crippen LogP contribution in [0.3, 0.4) is 0 Å². The van der Waals surface area contributed by atoms with E-state index < -0.39 is 23.3 Å². The van der Waals surface area contributed by atoms with Gasteiger partial charge in [-0.15, -0.1) is 0 Å². The Hall–Kier alpha value is -2.51. The minimum Gasteiger partial charge on any atom is -0.497 e. The van der Waals surface area contributed by atoms with Crippen LogP contribution in [0, 0.1) is 0 Å². The molecule has 0 spiro atoms. The van der Waals surface area contributed by atoms with Crippen molar-refractivity contribution in [1.29, 1.82) is 0 Å². The van der Waals surface area contributed by atoms with E-state index in [0.717, 1.165) is 16.4 Å². The van der Waals surface area contributed by atoms with Gasteiger partial charge in [-0.05, 0) is 24.1 Å². The molecular formula is C15H16F3N3O2. The standard InChI is InChI=1S/C15H16F3N3O2/c1-21-9-12(13(20-21)15(16,17)18)14(22)19-7-6-10-4-3-5-11(8-10)23-2/h3-5,8-9H,6-7H2,1-2H3,(H,19,22). The largest absolute Gasteiger partial charge is 0.497 e. The summed E-state index contributed by atoms with van der Waals surface area (Å²) in [5.41, 5.74) is -0.753. The Labute approximate surface area is 131 Å². The Bertz CT molecular complexity index is 696. The van der Waals surface area contributed by atoms with Crippen LogP contribution in [-0.4, -0.2) is 29.3 Å². The average Bonchev–Trinajstić information content (AvgIpc) is 2.90. The molecule has 0 aliphatic carbocycles. The number of carbonyl (C=O) groups excluding carboxylic acids is 1. The summed E-state index contributed by atoms with van der Waals surface area (Å²) in [5.74, 6) is -0.117. The van der Waals surface area contributed by atoms with Gasteiger partial charge in [0.05, 0.1) is 12.7 Å². The van der Waals surface area contributed by atoms with Crippen LogP contribution in [0.2, 0.25) is 0 Å². The molecule has 1 aromatic carbocycles. The average molecular weight is 327 g/mol. The second-order valence-electron chi connectivity index (χ2n) is 4.92. The molecular weight excluding hydrogens is 311 g/mol. The molecule has 0 saturated carbocycles. The Morgan fingerprint density at radius 3 is 2.78 bits per heavy atom. The predicted octanol–water partition coefficient (Wildman–Crippen LogP) is 2.42. The number of nitrogens with zero attached hydrogens (tertiary/aromatic N) is 2. The normalized spacial score (nSPS) is 11.3. The lowest BCUT2D eigenvalue weighted by Crippen LogP contribution is -2.27. The van der Waals surface area contributed by atoms with Crippen molar-refractivity contribution in [3.05, 3.63) is 47.3 Å². The van der Waals surface area contributed by atoms with Crippen LogP contribution in [0.25, 0.3) is 0 Å². The maximum absolute atomic E-state index is 12.8.